The van der Waals surface area contributed by atoms with Crippen LogP contribution in [0.3, 0.4) is 0 Å². The van der Waals surface area contributed by atoms with Crippen LogP contribution in [0.4, 0.5) is 0 Å². The molecule has 0 aromatic heterocycles. The van der Waals surface area contributed by atoms with E-state index in [-0.39, 0.29) is 11.9 Å². The molecule has 0 aliphatic carbocycles. The maximum atomic E-state index is 11.5. The number of carbonyl (C=O) groups is 1. The molecule has 1 atom stereocenters. The summed E-state index contributed by atoms with van der Waals surface area (Å²) in [5, 5.41) is 6.28. The molecule has 1 unspecified atom stereocenters. The number of hydrogen-bond donors (Lipinski definition) is 2. The van der Waals surface area contributed by atoms with Gasteiger partial charge < -0.3 is 15.5 Å². The predicted molar refractivity (Wildman–Crippen MR) is 71.0 cm³/mol. The van der Waals surface area contributed by atoms with Crippen molar-refractivity contribution in [2.75, 3.05) is 26.2 Å². The quantitative estimate of drug-likeness (QED) is 0.754. The minimum Gasteiger partial charge on any atom is -0.353 e. The summed E-state index contributed by atoms with van der Waals surface area (Å²) in [6.45, 7) is 10.1. The Morgan fingerprint density at radius 3 is 2.76 bits per heavy atom. The molecule has 1 aliphatic heterocycles. The highest BCUT2D eigenvalue weighted by molar-refractivity contribution is 5.78. The van der Waals surface area contributed by atoms with E-state index >= 15 is 0 Å². The first-order valence-electron chi connectivity index (χ1n) is 6.87. The molecule has 2 N–H and O–H groups in total. The van der Waals surface area contributed by atoms with E-state index in [1.807, 2.05) is 13.8 Å². The van der Waals surface area contributed by atoms with Crippen LogP contribution in [0, 0.1) is 0 Å². The number of amides is 1. The molecule has 1 rings (SSSR count). The van der Waals surface area contributed by atoms with Crippen molar-refractivity contribution in [1.29, 1.82) is 0 Å². The minimum absolute atomic E-state index is 0.108. The van der Waals surface area contributed by atoms with Crippen molar-refractivity contribution >= 4 is 5.91 Å². The summed E-state index contributed by atoms with van der Waals surface area (Å²) < 4.78 is 0. The van der Waals surface area contributed by atoms with Crippen molar-refractivity contribution in [2.24, 2.45) is 0 Å². The van der Waals surface area contributed by atoms with Crippen LogP contribution < -0.4 is 10.6 Å². The summed E-state index contributed by atoms with van der Waals surface area (Å²) in [7, 11) is 0. The Balaban J connectivity index is 2.21. The Bertz CT molecular complexity index is 231. The van der Waals surface area contributed by atoms with Gasteiger partial charge in [0.15, 0.2) is 0 Å². The van der Waals surface area contributed by atoms with Crippen LogP contribution in [0.1, 0.15) is 40.0 Å². The molecule has 17 heavy (non-hydrogen) atoms. The monoisotopic (exact) mass is 241 g/mol. The molecule has 1 aliphatic rings. The van der Waals surface area contributed by atoms with Crippen LogP contribution in [-0.4, -0.2) is 49.1 Å². The number of nitrogens with zero attached hydrogens (tertiary/aromatic N) is 1. The second-order valence-electron chi connectivity index (χ2n) is 5.17. The van der Waals surface area contributed by atoms with E-state index in [0.29, 0.717) is 12.6 Å². The minimum atomic E-state index is 0.108. The van der Waals surface area contributed by atoms with Gasteiger partial charge in [0.1, 0.15) is 0 Å². The molecule has 0 spiro atoms. The lowest BCUT2D eigenvalue weighted by Gasteiger charge is -2.18. The van der Waals surface area contributed by atoms with Gasteiger partial charge in [-0.3, -0.25) is 4.79 Å². The fourth-order valence-corrected chi connectivity index (χ4v) is 2.29. The molecule has 1 heterocycles. The molecule has 0 saturated carbocycles. The fourth-order valence-electron chi connectivity index (χ4n) is 2.29. The van der Waals surface area contributed by atoms with Crippen LogP contribution in [0.2, 0.25) is 0 Å². The molecule has 0 radical (unpaired) electrons. The topological polar surface area (TPSA) is 44.4 Å². The molecule has 1 fully saturated rings. The van der Waals surface area contributed by atoms with E-state index in [4.69, 9.17) is 0 Å². The molecule has 1 saturated heterocycles. The van der Waals surface area contributed by atoms with Crippen molar-refractivity contribution in [3.8, 4) is 0 Å². The van der Waals surface area contributed by atoms with Crippen molar-refractivity contribution in [2.45, 2.75) is 52.1 Å². The van der Waals surface area contributed by atoms with Gasteiger partial charge in [-0.15, -0.1) is 0 Å². The standard InChI is InChI=1S/C13H27N3O/c1-4-16-8-5-6-12(7-9-16)14-10-13(17)15-11(2)3/h11-12,14H,4-10H2,1-3H3,(H,15,17). The normalized spacial score (nSPS) is 22.5. The SMILES string of the molecule is CCN1CCCC(NCC(=O)NC(C)C)CC1. The zero-order chi connectivity index (χ0) is 12.7. The van der Waals surface area contributed by atoms with Gasteiger partial charge in [-0.05, 0) is 52.7 Å². The fraction of sp³-hybridized carbons (Fsp3) is 0.923. The number of hydrogen-bond acceptors (Lipinski definition) is 3. The third-order valence-electron chi connectivity index (χ3n) is 3.27. The first-order chi connectivity index (χ1) is 8.11. The lowest BCUT2D eigenvalue weighted by molar-refractivity contribution is -0.120. The molecule has 0 aromatic rings. The number of likely N-dealkylation sites (tertiary alicyclic amines) is 1. The van der Waals surface area contributed by atoms with E-state index < -0.39 is 0 Å². The van der Waals surface area contributed by atoms with Gasteiger partial charge in [-0.2, -0.15) is 0 Å². The zero-order valence-corrected chi connectivity index (χ0v) is 11.5. The van der Waals surface area contributed by atoms with Crippen LogP contribution in [0.5, 0.6) is 0 Å². The Morgan fingerprint density at radius 2 is 2.12 bits per heavy atom. The summed E-state index contributed by atoms with van der Waals surface area (Å²) in [4.78, 5) is 14.0. The Labute approximate surface area is 105 Å². The maximum Gasteiger partial charge on any atom is 0.234 e. The van der Waals surface area contributed by atoms with E-state index in [9.17, 15) is 4.79 Å². The summed E-state index contributed by atoms with van der Waals surface area (Å²) in [5.41, 5.74) is 0. The molecule has 1 amide bonds. The average Bonchev–Trinajstić information content (AvgIpc) is 2.50. The van der Waals surface area contributed by atoms with Gasteiger partial charge in [0.25, 0.3) is 0 Å². The average molecular weight is 241 g/mol. The summed E-state index contributed by atoms with van der Waals surface area (Å²) in [5.74, 6) is 0.108. The van der Waals surface area contributed by atoms with Gasteiger partial charge in [0, 0.05) is 12.1 Å². The van der Waals surface area contributed by atoms with Crippen molar-refractivity contribution in [1.82, 2.24) is 15.5 Å². The maximum absolute atomic E-state index is 11.5. The van der Waals surface area contributed by atoms with Crippen LogP contribution in [0.25, 0.3) is 0 Å². The van der Waals surface area contributed by atoms with Crippen molar-refractivity contribution in [3.63, 3.8) is 0 Å². The number of nitrogens with one attached hydrogen (secondary N) is 2. The number of rotatable bonds is 5. The molecule has 4 heteroatoms. The Kier molecular flexibility index (Phi) is 6.52. The first-order valence-corrected chi connectivity index (χ1v) is 6.87. The predicted octanol–water partition coefficient (Wildman–Crippen LogP) is 0.975. The Hall–Kier alpha value is -0.610. The summed E-state index contributed by atoms with van der Waals surface area (Å²) >= 11 is 0. The molecule has 0 aromatic carbocycles. The highest BCUT2D eigenvalue weighted by Crippen LogP contribution is 2.10. The zero-order valence-electron chi connectivity index (χ0n) is 11.5. The largest absolute Gasteiger partial charge is 0.353 e. The molecule has 100 valence electrons. The van der Waals surface area contributed by atoms with Crippen LogP contribution >= 0.6 is 0 Å². The van der Waals surface area contributed by atoms with E-state index in [2.05, 4.69) is 22.5 Å². The van der Waals surface area contributed by atoms with Crippen molar-refractivity contribution < 1.29 is 4.79 Å². The van der Waals surface area contributed by atoms with Crippen LogP contribution in [0.15, 0.2) is 0 Å². The van der Waals surface area contributed by atoms with Gasteiger partial charge in [0.05, 0.1) is 6.54 Å². The third kappa shape index (κ3) is 6.03. The summed E-state index contributed by atoms with van der Waals surface area (Å²) in [6.07, 6.45) is 3.57. The first kappa shape index (κ1) is 14.5. The lowest BCUT2D eigenvalue weighted by atomic mass is 10.1. The van der Waals surface area contributed by atoms with Crippen LogP contribution in [-0.2, 0) is 4.79 Å². The van der Waals surface area contributed by atoms with E-state index in [0.717, 1.165) is 19.5 Å². The Morgan fingerprint density at radius 1 is 1.35 bits per heavy atom. The molecule has 0 bridgehead atoms. The highest BCUT2D eigenvalue weighted by Gasteiger charge is 2.16. The third-order valence-corrected chi connectivity index (χ3v) is 3.27. The van der Waals surface area contributed by atoms with Gasteiger partial charge >= 0.3 is 0 Å². The second kappa shape index (κ2) is 7.67. The molecular weight excluding hydrogens is 214 g/mol. The lowest BCUT2D eigenvalue weighted by Crippen LogP contribution is -2.41. The second-order valence-corrected chi connectivity index (χ2v) is 5.17. The summed E-state index contributed by atoms with van der Waals surface area (Å²) in [6, 6.07) is 0.735. The van der Waals surface area contributed by atoms with Gasteiger partial charge in [-0.1, -0.05) is 6.92 Å². The van der Waals surface area contributed by atoms with Gasteiger partial charge in [0.2, 0.25) is 5.91 Å². The highest BCUT2D eigenvalue weighted by atomic mass is 16.1. The van der Waals surface area contributed by atoms with Gasteiger partial charge in [-0.25, -0.2) is 0 Å². The van der Waals surface area contributed by atoms with E-state index in [1.165, 1.54) is 19.4 Å². The smallest absolute Gasteiger partial charge is 0.234 e. The van der Waals surface area contributed by atoms with E-state index in [1.54, 1.807) is 0 Å². The van der Waals surface area contributed by atoms with Crippen molar-refractivity contribution in [3.05, 3.63) is 0 Å². The molecular formula is C13H27N3O. The molecule has 4 nitrogen and oxygen atoms in total. The number of carbonyl (C=O) groups excluding carboxylic acids is 1.